The van der Waals surface area contributed by atoms with Crippen LogP contribution in [0.5, 0.6) is 0 Å². The Morgan fingerprint density at radius 1 is 1.15 bits per heavy atom. The second-order valence-electron chi connectivity index (χ2n) is 11.0. The second kappa shape index (κ2) is 11.5. The zero-order valence-electron chi connectivity index (χ0n) is 23.2. The first kappa shape index (κ1) is 27.9. The number of aryl methyl sites for hydroxylation is 2. The van der Waals surface area contributed by atoms with Crippen molar-refractivity contribution in [3.63, 3.8) is 0 Å². The summed E-state index contributed by atoms with van der Waals surface area (Å²) in [5, 5.41) is 17.7. The number of benzene rings is 1. The lowest BCUT2D eigenvalue weighted by molar-refractivity contribution is -0.134. The smallest absolute Gasteiger partial charge is 0.328 e. The molecule has 0 unspecified atom stereocenters. The number of H-pyrrole nitrogens is 1. The number of hydrogen-bond donors (Lipinski definition) is 1. The van der Waals surface area contributed by atoms with Crippen LogP contribution in [0.3, 0.4) is 0 Å². The molecule has 0 saturated carbocycles. The number of imidazole rings is 1. The fraction of sp³-hybridized carbons (Fsp3) is 0.483. The molecular formula is C29H35F3N8. The van der Waals surface area contributed by atoms with E-state index in [0.717, 1.165) is 54.8 Å². The molecule has 8 nitrogen and oxygen atoms in total. The van der Waals surface area contributed by atoms with E-state index in [-0.39, 0.29) is 12.5 Å². The Morgan fingerprint density at radius 3 is 2.58 bits per heavy atom. The molecule has 0 radical (unpaired) electrons. The Hall–Kier alpha value is -3.62. The number of fused-ring (bicyclic) bond motifs is 1. The highest BCUT2D eigenvalue weighted by atomic mass is 19.4. The normalized spacial score (nSPS) is 15.3. The van der Waals surface area contributed by atoms with E-state index in [0.29, 0.717) is 24.5 Å². The minimum absolute atomic E-state index is 0.0473. The van der Waals surface area contributed by atoms with E-state index in [1.165, 1.54) is 11.1 Å². The van der Waals surface area contributed by atoms with Crippen LogP contribution in [0.15, 0.2) is 36.8 Å². The number of likely N-dealkylation sites (tertiary alicyclic amines) is 1. The maximum absolute atomic E-state index is 13.0. The number of piperidine rings is 1. The Bertz CT molecular complexity index is 1480. The predicted octanol–water partition coefficient (Wildman–Crippen LogP) is 5.18. The lowest BCUT2D eigenvalue weighted by Crippen LogP contribution is -2.35. The van der Waals surface area contributed by atoms with Gasteiger partial charge in [-0.25, -0.2) is 4.98 Å². The van der Waals surface area contributed by atoms with Gasteiger partial charge in [-0.3, -0.25) is 10.00 Å². The number of nitriles is 1. The van der Waals surface area contributed by atoms with Crippen LogP contribution in [0.4, 0.5) is 13.2 Å². The van der Waals surface area contributed by atoms with Gasteiger partial charge in [0.05, 0.1) is 19.3 Å². The number of halogens is 3. The number of aromatic nitrogens is 5. The van der Waals surface area contributed by atoms with Gasteiger partial charge in [0.1, 0.15) is 17.6 Å². The van der Waals surface area contributed by atoms with E-state index in [1.54, 1.807) is 12.4 Å². The maximum Gasteiger partial charge on any atom is 0.389 e. The molecule has 0 bridgehead atoms. The Balaban J connectivity index is 1.30. The molecule has 40 heavy (non-hydrogen) atoms. The fourth-order valence-electron chi connectivity index (χ4n) is 5.82. The maximum atomic E-state index is 13.0. The Labute approximate surface area is 232 Å². The highest BCUT2D eigenvalue weighted by molar-refractivity contribution is 5.86. The van der Waals surface area contributed by atoms with Crippen molar-refractivity contribution in [3.05, 3.63) is 70.7 Å². The topological polar surface area (TPSA) is 81.7 Å². The Kier molecular flexibility index (Phi) is 8.01. The molecule has 1 fully saturated rings. The third-order valence-corrected chi connectivity index (χ3v) is 7.87. The summed E-state index contributed by atoms with van der Waals surface area (Å²) in [7, 11) is 3.89. The summed E-state index contributed by atoms with van der Waals surface area (Å²) in [4.78, 5) is 8.92. The largest absolute Gasteiger partial charge is 0.389 e. The molecule has 0 atom stereocenters. The molecule has 4 aromatic rings. The number of hydrogen-bond acceptors (Lipinski definition) is 5. The number of alkyl halides is 3. The number of rotatable bonds is 9. The van der Waals surface area contributed by atoms with Crippen molar-refractivity contribution in [2.75, 3.05) is 27.2 Å². The highest BCUT2D eigenvalue weighted by Crippen LogP contribution is 2.31. The van der Waals surface area contributed by atoms with Crippen LogP contribution in [0, 0.1) is 18.3 Å². The first-order chi connectivity index (χ1) is 19.1. The van der Waals surface area contributed by atoms with Crippen molar-refractivity contribution in [1.82, 2.24) is 34.1 Å². The van der Waals surface area contributed by atoms with Crippen molar-refractivity contribution in [2.45, 2.75) is 64.5 Å². The molecule has 4 heterocycles. The van der Waals surface area contributed by atoms with E-state index in [9.17, 15) is 18.4 Å². The Morgan fingerprint density at radius 2 is 1.93 bits per heavy atom. The van der Waals surface area contributed by atoms with E-state index in [1.807, 2.05) is 35.8 Å². The first-order valence-corrected chi connectivity index (χ1v) is 13.6. The average Bonchev–Trinajstić information content (AvgIpc) is 3.64. The van der Waals surface area contributed by atoms with Crippen molar-refractivity contribution < 1.29 is 13.2 Å². The summed E-state index contributed by atoms with van der Waals surface area (Å²) >= 11 is 0. The molecule has 1 aromatic carbocycles. The van der Waals surface area contributed by atoms with Crippen molar-refractivity contribution in [1.29, 1.82) is 5.26 Å². The number of nitrogens with one attached hydrogen (secondary N) is 1. The van der Waals surface area contributed by atoms with Gasteiger partial charge >= 0.3 is 6.18 Å². The molecule has 1 aliphatic heterocycles. The lowest BCUT2D eigenvalue weighted by Gasteiger charge is -2.34. The molecule has 5 rings (SSSR count). The summed E-state index contributed by atoms with van der Waals surface area (Å²) in [6.45, 7) is 5.77. The molecule has 0 spiro atoms. The molecule has 212 valence electrons. The standard InChI is InChI=1S/C29H35F3N8/c1-20-22(4-5-27-26(20)12-25(13-33)39(27)17-21-14-35-36-15-21)18-38-10-7-23(8-11-38)40-24(6-9-29(30,31)32)16-34-28(40)19-37(2)3/h4-5,12,14-16,23H,6-11,17-19H2,1-3H3,(H,35,36). The fourth-order valence-corrected chi connectivity index (χ4v) is 5.82. The SMILES string of the molecule is Cc1c(CN2CCC(n3c(CCC(F)(F)F)cnc3CN(C)C)CC2)ccc2c1cc(C#N)n2Cc1cn[nH]c1. The van der Waals surface area contributed by atoms with Gasteiger partial charge in [0.25, 0.3) is 0 Å². The molecule has 1 aliphatic rings. The lowest BCUT2D eigenvalue weighted by atomic mass is 10.0. The van der Waals surface area contributed by atoms with Crippen molar-refractivity contribution in [2.24, 2.45) is 0 Å². The average molecular weight is 553 g/mol. The van der Waals surface area contributed by atoms with E-state index in [4.69, 9.17) is 0 Å². The van der Waals surface area contributed by atoms with Gasteiger partial charge in [-0.05, 0) is 63.5 Å². The highest BCUT2D eigenvalue weighted by Gasteiger charge is 2.30. The van der Waals surface area contributed by atoms with Crippen LogP contribution in [-0.2, 0) is 26.1 Å². The molecule has 0 aliphatic carbocycles. The third kappa shape index (κ3) is 6.08. The van der Waals surface area contributed by atoms with E-state index in [2.05, 4.69) is 49.8 Å². The van der Waals surface area contributed by atoms with Gasteiger partial charge in [-0.1, -0.05) is 6.07 Å². The summed E-state index contributed by atoms with van der Waals surface area (Å²) < 4.78 is 43.0. The van der Waals surface area contributed by atoms with Crippen LogP contribution < -0.4 is 0 Å². The first-order valence-electron chi connectivity index (χ1n) is 13.6. The zero-order valence-corrected chi connectivity index (χ0v) is 23.2. The minimum Gasteiger partial charge on any atom is -0.328 e. The van der Waals surface area contributed by atoms with Gasteiger partial charge in [0.15, 0.2) is 0 Å². The van der Waals surface area contributed by atoms with Gasteiger partial charge in [0.2, 0.25) is 0 Å². The van der Waals surface area contributed by atoms with Crippen LogP contribution in [0.1, 0.15) is 59.2 Å². The van der Waals surface area contributed by atoms with Crippen LogP contribution >= 0.6 is 0 Å². The van der Waals surface area contributed by atoms with Gasteiger partial charge in [-0.2, -0.15) is 23.5 Å². The van der Waals surface area contributed by atoms with Crippen LogP contribution in [0.25, 0.3) is 10.9 Å². The van der Waals surface area contributed by atoms with E-state index >= 15 is 0 Å². The van der Waals surface area contributed by atoms with Gasteiger partial charge < -0.3 is 14.0 Å². The zero-order chi connectivity index (χ0) is 28.4. The monoisotopic (exact) mass is 552 g/mol. The number of nitrogens with zero attached hydrogens (tertiary/aromatic N) is 7. The van der Waals surface area contributed by atoms with Gasteiger partial charge in [-0.15, -0.1) is 0 Å². The summed E-state index contributed by atoms with van der Waals surface area (Å²) in [5.74, 6) is 0.829. The molecular weight excluding hydrogens is 517 g/mol. The molecule has 1 saturated heterocycles. The molecule has 11 heteroatoms. The van der Waals surface area contributed by atoms with Crippen molar-refractivity contribution >= 4 is 10.9 Å². The van der Waals surface area contributed by atoms with Crippen molar-refractivity contribution in [3.8, 4) is 6.07 Å². The second-order valence-corrected chi connectivity index (χ2v) is 11.0. The predicted molar refractivity (Wildman–Crippen MR) is 147 cm³/mol. The van der Waals surface area contributed by atoms with Crippen LogP contribution in [-0.4, -0.2) is 67.5 Å². The number of aromatic amines is 1. The molecule has 3 aromatic heterocycles. The molecule has 0 amide bonds. The van der Waals surface area contributed by atoms with Gasteiger partial charge in [0, 0.05) is 66.7 Å². The van der Waals surface area contributed by atoms with Crippen LogP contribution in [0.2, 0.25) is 0 Å². The minimum atomic E-state index is -4.19. The third-order valence-electron chi connectivity index (χ3n) is 7.87. The summed E-state index contributed by atoms with van der Waals surface area (Å²) in [6.07, 6.45) is 1.88. The quantitative estimate of drug-likeness (QED) is 0.309. The summed E-state index contributed by atoms with van der Waals surface area (Å²) in [5.41, 5.74) is 5.70. The van der Waals surface area contributed by atoms with E-state index < -0.39 is 12.6 Å². The summed E-state index contributed by atoms with van der Waals surface area (Å²) in [6, 6.07) is 8.68. The molecule has 1 N–H and O–H groups in total.